The van der Waals surface area contributed by atoms with Crippen LogP contribution in [0.1, 0.15) is 19.3 Å². The van der Waals surface area contributed by atoms with Crippen molar-refractivity contribution in [1.29, 1.82) is 0 Å². The topological polar surface area (TPSA) is 52.6 Å². The van der Waals surface area contributed by atoms with Crippen LogP contribution in [0.25, 0.3) is 0 Å². The largest absolute Gasteiger partial charge is 0.395 e. The van der Waals surface area contributed by atoms with Gasteiger partial charge in [-0.1, -0.05) is 24.6 Å². The van der Waals surface area contributed by atoms with Crippen molar-refractivity contribution in [2.75, 3.05) is 25.0 Å². The number of piperidine rings is 1. The number of aliphatic hydroxyl groups is 1. The van der Waals surface area contributed by atoms with Crippen LogP contribution in [0.4, 0.5) is 5.69 Å². The number of carbonyl (C=O) groups excluding carboxylic acids is 1. The summed E-state index contributed by atoms with van der Waals surface area (Å²) >= 11 is 0. The van der Waals surface area contributed by atoms with E-state index in [1.165, 1.54) is 0 Å². The van der Waals surface area contributed by atoms with E-state index in [1.807, 2.05) is 30.3 Å². The van der Waals surface area contributed by atoms with Crippen LogP contribution in [0, 0.1) is 0 Å². The van der Waals surface area contributed by atoms with E-state index in [-0.39, 0.29) is 18.6 Å². The molecule has 1 aliphatic heterocycles. The number of hydrogen-bond donors (Lipinski definition) is 2. The minimum absolute atomic E-state index is 0.0125. The molecule has 1 aliphatic rings. The third-order valence-electron chi connectivity index (χ3n) is 3.36. The summed E-state index contributed by atoms with van der Waals surface area (Å²) in [4.78, 5) is 14.0. The van der Waals surface area contributed by atoms with E-state index in [0.29, 0.717) is 6.54 Å². The van der Waals surface area contributed by atoms with Gasteiger partial charge in [-0.05, 0) is 31.5 Å². The molecule has 1 aromatic carbocycles. The van der Waals surface area contributed by atoms with E-state index in [9.17, 15) is 9.90 Å². The maximum Gasteiger partial charge on any atom is 0.238 e. The number of hydrogen-bond acceptors (Lipinski definition) is 3. The number of rotatable bonds is 4. The van der Waals surface area contributed by atoms with E-state index in [1.54, 1.807) is 0 Å². The van der Waals surface area contributed by atoms with E-state index in [4.69, 9.17) is 0 Å². The first-order valence-electron chi connectivity index (χ1n) is 6.49. The molecule has 1 aromatic rings. The fourth-order valence-corrected chi connectivity index (χ4v) is 2.38. The molecular weight excluding hydrogens is 228 g/mol. The van der Waals surface area contributed by atoms with Crippen molar-refractivity contribution >= 4 is 11.6 Å². The van der Waals surface area contributed by atoms with Crippen molar-refractivity contribution in [2.45, 2.75) is 25.3 Å². The minimum Gasteiger partial charge on any atom is -0.395 e. The maximum atomic E-state index is 11.9. The summed E-state index contributed by atoms with van der Waals surface area (Å²) in [5, 5.41) is 12.2. The Hall–Kier alpha value is -1.39. The highest BCUT2D eigenvalue weighted by Gasteiger charge is 2.23. The van der Waals surface area contributed by atoms with Crippen LogP contribution in [0.15, 0.2) is 30.3 Å². The van der Waals surface area contributed by atoms with Gasteiger partial charge >= 0.3 is 0 Å². The average molecular weight is 248 g/mol. The smallest absolute Gasteiger partial charge is 0.238 e. The number of nitrogens with one attached hydrogen (secondary N) is 1. The van der Waals surface area contributed by atoms with E-state index >= 15 is 0 Å². The van der Waals surface area contributed by atoms with Crippen molar-refractivity contribution in [3.8, 4) is 0 Å². The molecule has 0 bridgehead atoms. The predicted molar refractivity (Wildman–Crippen MR) is 71.4 cm³/mol. The normalized spacial score (nSPS) is 20.6. The van der Waals surface area contributed by atoms with Crippen molar-refractivity contribution in [3.63, 3.8) is 0 Å². The first-order chi connectivity index (χ1) is 8.79. The number of likely N-dealkylation sites (tertiary alicyclic amines) is 1. The molecule has 0 unspecified atom stereocenters. The summed E-state index contributed by atoms with van der Waals surface area (Å²) in [5.74, 6) is -0.0125. The molecule has 1 saturated heterocycles. The van der Waals surface area contributed by atoms with Gasteiger partial charge in [0.25, 0.3) is 0 Å². The molecular formula is C14H20N2O2. The molecule has 0 saturated carbocycles. The van der Waals surface area contributed by atoms with Crippen LogP contribution < -0.4 is 5.32 Å². The lowest BCUT2D eigenvalue weighted by molar-refractivity contribution is -0.118. The average Bonchev–Trinajstić information content (AvgIpc) is 2.40. The zero-order valence-corrected chi connectivity index (χ0v) is 10.5. The Bertz CT molecular complexity index is 381. The van der Waals surface area contributed by atoms with Crippen LogP contribution >= 0.6 is 0 Å². The molecule has 4 nitrogen and oxygen atoms in total. The summed E-state index contributed by atoms with van der Waals surface area (Å²) in [5.41, 5.74) is 0.819. The second-order valence-electron chi connectivity index (χ2n) is 4.72. The van der Waals surface area contributed by atoms with Gasteiger partial charge in [0.05, 0.1) is 13.2 Å². The molecule has 2 N–H and O–H groups in total. The number of para-hydroxylation sites is 1. The van der Waals surface area contributed by atoms with Crippen LogP contribution in [-0.4, -0.2) is 41.7 Å². The molecule has 1 amide bonds. The maximum absolute atomic E-state index is 11.9. The standard InChI is InChI=1S/C14H20N2O2/c17-11-13-8-4-5-9-16(13)10-14(18)15-12-6-2-1-3-7-12/h1-3,6-7,13,17H,4-5,8-11H2,(H,15,18)/t13-/m1/s1. The third kappa shape index (κ3) is 3.55. The number of aliphatic hydroxyl groups excluding tert-OH is 1. The van der Waals surface area contributed by atoms with Gasteiger partial charge in [-0.3, -0.25) is 9.69 Å². The second-order valence-corrected chi connectivity index (χ2v) is 4.72. The molecule has 18 heavy (non-hydrogen) atoms. The Morgan fingerprint density at radius 1 is 1.33 bits per heavy atom. The molecule has 1 heterocycles. The lowest BCUT2D eigenvalue weighted by Gasteiger charge is -2.33. The first-order valence-corrected chi connectivity index (χ1v) is 6.49. The molecule has 98 valence electrons. The van der Waals surface area contributed by atoms with Gasteiger partial charge in [0.2, 0.25) is 5.91 Å². The SMILES string of the molecule is O=C(CN1CCCC[C@@H]1CO)Nc1ccccc1. The van der Waals surface area contributed by atoms with Gasteiger partial charge in [0.15, 0.2) is 0 Å². The highest BCUT2D eigenvalue weighted by molar-refractivity contribution is 5.92. The number of nitrogens with zero attached hydrogens (tertiary/aromatic N) is 1. The summed E-state index contributed by atoms with van der Waals surface area (Å²) in [7, 11) is 0. The highest BCUT2D eigenvalue weighted by Crippen LogP contribution is 2.16. The Morgan fingerprint density at radius 2 is 2.11 bits per heavy atom. The number of carbonyl (C=O) groups is 1. The van der Waals surface area contributed by atoms with Crippen LogP contribution in [0.5, 0.6) is 0 Å². The number of benzene rings is 1. The molecule has 4 heteroatoms. The summed E-state index contributed by atoms with van der Waals surface area (Å²) < 4.78 is 0. The monoisotopic (exact) mass is 248 g/mol. The van der Waals surface area contributed by atoms with E-state index < -0.39 is 0 Å². The van der Waals surface area contributed by atoms with E-state index in [2.05, 4.69) is 10.2 Å². The molecule has 0 radical (unpaired) electrons. The molecule has 2 rings (SSSR count). The van der Waals surface area contributed by atoms with Crippen molar-refractivity contribution in [1.82, 2.24) is 4.90 Å². The van der Waals surface area contributed by atoms with Crippen molar-refractivity contribution in [2.24, 2.45) is 0 Å². The predicted octanol–water partition coefficient (Wildman–Crippen LogP) is 1.47. The van der Waals surface area contributed by atoms with Gasteiger partial charge in [0, 0.05) is 11.7 Å². The zero-order chi connectivity index (χ0) is 12.8. The lowest BCUT2D eigenvalue weighted by Crippen LogP contribution is -2.45. The Kier molecular flexibility index (Phi) is 4.73. The van der Waals surface area contributed by atoms with E-state index in [0.717, 1.165) is 31.5 Å². The van der Waals surface area contributed by atoms with Gasteiger partial charge in [-0.15, -0.1) is 0 Å². The molecule has 0 aromatic heterocycles. The van der Waals surface area contributed by atoms with Gasteiger partial charge in [-0.2, -0.15) is 0 Å². The van der Waals surface area contributed by atoms with Crippen molar-refractivity contribution < 1.29 is 9.90 Å². The molecule has 0 aliphatic carbocycles. The molecule has 1 fully saturated rings. The zero-order valence-electron chi connectivity index (χ0n) is 10.5. The van der Waals surface area contributed by atoms with Crippen LogP contribution in [-0.2, 0) is 4.79 Å². The number of anilines is 1. The Morgan fingerprint density at radius 3 is 2.83 bits per heavy atom. The van der Waals surface area contributed by atoms with Crippen LogP contribution in [0.3, 0.4) is 0 Å². The van der Waals surface area contributed by atoms with Gasteiger partial charge < -0.3 is 10.4 Å². The van der Waals surface area contributed by atoms with Gasteiger partial charge in [0.1, 0.15) is 0 Å². The van der Waals surface area contributed by atoms with Gasteiger partial charge in [-0.25, -0.2) is 0 Å². The Balaban J connectivity index is 1.86. The quantitative estimate of drug-likeness (QED) is 0.848. The Labute approximate surface area is 108 Å². The summed E-state index contributed by atoms with van der Waals surface area (Å²) in [6, 6.07) is 9.59. The third-order valence-corrected chi connectivity index (χ3v) is 3.36. The molecule has 1 atom stereocenters. The molecule has 0 spiro atoms. The number of amides is 1. The summed E-state index contributed by atoms with van der Waals surface area (Å²) in [6.07, 6.45) is 3.23. The lowest BCUT2D eigenvalue weighted by atomic mass is 10.0. The highest BCUT2D eigenvalue weighted by atomic mass is 16.3. The fourth-order valence-electron chi connectivity index (χ4n) is 2.38. The first kappa shape index (κ1) is 13.1. The summed E-state index contributed by atoms with van der Waals surface area (Å²) in [6.45, 7) is 1.40. The van der Waals surface area contributed by atoms with Crippen molar-refractivity contribution in [3.05, 3.63) is 30.3 Å². The second kappa shape index (κ2) is 6.52. The fraction of sp³-hybridized carbons (Fsp3) is 0.500. The van der Waals surface area contributed by atoms with Crippen LogP contribution in [0.2, 0.25) is 0 Å². The minimum atomic E-state index is -0.0125.